The predicted molar refractivity (Wildman–Crippen MR) is 87.9 cm³/mol. The van der Waals surface area contributed by atoms with E-state index < -0.39 is 5.97 Å². The van der Waals surface area contributed by atoms with E-state index in [4.69, 9.17) is 0 Å². The number of aryl methyl sites for hydroxylation is 2. The van der Waals surface area contributed by atoms with E-state index in [1.54, 1.807) is 6.07 Å². The van der Waals surface area contributed by atoms with E-state index in [-0.39, 0.29) is 5.56 Å². The second-order valence-electron chi connectivity index (χ2n) is 5.38. The van der Waals surface area contributed by atoms with Crippen molar-refractivity contribution in [3.63, 3.8) is 0 Å². The fourth-order valence-electron chi connectivity index (χ4n) is 2.45. The number of carboxylic acid groups (broad SMARTS) is 1. The van der Waals surface area contributed by atoms with E-state index in [1.807, 2.05) is 56.3 Å². The number of nitrogens with one attached hydrogen (secondary N) is 1. The van der Waals surface area contributed by atoms with Crippen molar-refractivity contribution < 1.29 is 9.90 Å². The zero-order valence-electron chi connectivity index (χ0n) is 12.4. The van der Waals surface area contributed by atoms with Crippen LogP contribution in [0.1, 0.15) is 21.5 Å². The summed E-state index contributed by atoms with van der Waals surface area (Å²) in [5, 5.41) is 13.3. The summed E-state index contributed by atoms with van der Waals surface area (Å²) < 4.78 is 0. The van der Waals surface area contributed by atoms with Crippen molar-refractivity contribution in [1.29, 1.82) is 0 Å². The van der Waals surface area contributed by atoms with Gasteiger partial charge in [-0.2, -0.15) is 0 Å². The van der Waals surface area contributed by atoms with Crippen molar-refractivity contribution in [2.75, 3.05) is 5.32 Å². The Morgan fingerprint density at radius 1 is 1.05 bits per heavy atom. The Labute approximate surface area is 128 Å². The number of hydrogen-bond donors (Lipinski definition) is 2. The van der Waals surface area contributed by atoms with Crippen molar-refractivity contribution in [1.82, 2.24) is 4.98 Å². The third-order valence-electron chi connectivity index (χ3n) is 3.49. The summed E-state index contributed by atoms with van der Waals surface area (Å²) >= 11 is 0. The molecule has 0 aliphatic heterocycles. The summed E-state index contributed by atoms with van der Waals surface area (Å²) in [6.45, 7) is 3.94. The third kappa shape index (κ3) is 2.76. The molecular weight excluding hydrogens is 276 g/mol. The van der Waals surface area contributed by atoms with E-state index in [9.17, 15) is 9.90 Å². The summed E-state index contributed by atoms with van der Waals surface area (Å²) in [4.78, 5) is 16.0. The lowest BCUT2D eigenvalue weighted by Crippen LogP contribution is -2.02. The number of carbonyl (C=O) groups is 1. The second-order valence-corrected chi connectivity index (χ2v) is 5.38. The average molecular weight is 292 g/mol. The number of benzene rings is 2. The zero-order valence-corrected chi connectivity index (χ0v) is 12.4. The third-order valence-corrected chi connectivity index (χ3v) is 3.49. The van der Waals surface area contributed by atoms with Crippen LogP contribution in [0.15, 0.2) is 48.5 Å². The standard InChI is InChI=1S/C18H16N2O2/c1-11-4-3-5-13(8-11)19-17-10-15(18(21)22)14-9-12(2)6-7-16(14)20-17/h3-10H,1-2H3,(H,19,20)(H,21,22). The van der Waals surface area contributed by atoms with E-state index in [1.165, 1.54) is 0 Å². The van der Waals surface area contributed by atoms with Gasteiger partial charge in [-0.3, -0.25) is 0 Å². The number of nitrogens with zero attached hydrogens (tertiary/aromatic N) is 1. The molecular formula is C18H16N2O2. The summed E-state index contributed by atoms with van der Waals surface area (Å²) in [7, 11) is 0. The number of aromatic carboxylic acids is 1. The maximum atomic E-state index is 11.5. The predicted octanol–water partition coefficient (Wildman–Crippen LogP) is 4.29. The van der Waals surface area contributed by atoms with Crippen LogP contribution in [0.25, 0.3) is 10.9 Å². The number of carboxylic acids is 1. The van der Waals surface area contributed by atoms with Gasteiger partial charge in [0.05, 0.1) is 11.1 Å². The van der Waals surface area contributed by atoms with Crippen LogP contribution in [0.2, 0.25) is 0 Å². The molecule has 22 heavy (non-hydrogen) atoms. The molecule has 0 fully saturated rings. The summed E-state index contributed by atoms with van der Waals surface area (Å²) in [6.07, 6.45) is 0. The number of pyridine rings is 1. The lowest BCUT2D eigenvalue weighted by Gasteiger charge is -2.10. The molecule has 2 aromatic carbocycles. The topological polar surface area (TPSA) is 62.2 Å². The van der Waals surface area contributed by atoms with Gasteiger partial charge >= 0.3 is 5.97 Å². The number of fused-ring (bicyclic) bond motifs is 1. The largest absolute Gasteiger partial charge is 0.478 e. The van der Waals surface area contributed by atoms with Crippen LogP contribution < -0.4 is 5.32 Å². The molecule has 3 aromatic rings. The molecule has 0 aliphatic rings. The molecule has 0 amide bonds. The van der Waals surface area contributed by atoms with Gasteiger partial charge in [0.15, 0.2) is 0 Å². The van der Waals surface area contributed by atoms with Crippen molar-refractivity contribution in [2.24, 2.45) is 0 Å². The van der Waals surface area contributed by atoms with Crippen molar-refractivity contribution in [3.8, 4) is 0 Å². The Bertz CT molecular complexity index is 872. The highest BCUT2D eigenvalue weighted by Gasteiger charge is 2.12. The van der Waals surface area contributed by atoms with Crippen LogP contribution in [0.5, 0.6) is 0 Å². The number of rotatable bonds is 3. The smallest absolute Gasteiger partial charge is 0.336 e. The lowest BCUT2D eigenvalue weighted by molar-refractivity contribution is 0.0699. The molecule has 0 saturated heterocycles. The Morgan fingerprint density at radius 3 is 2.55 bits per heavy atom. The lowest BCUT2D eigenvalue weighted by atomic mass is 10.1. The quantitative estimate of drug-likeness (QED) is 0.755. The second kappa shape index (κ2) is 5.48. The van der Waals surface area contributed by atoms with Crippen molar-refractivity contribution >= 4 is 28.4 Å². The van der Waals surface area contributed by atoms with Gasteiger partial charge in [-0.1, -0.05) is 23.8 Å². The molecule has 1 heterocycles. The molecule has 0 atom stereocenters. The van der Waals surface area contributed by atoms with Gasteiger partial charge in [0.1, 0.15) is 5.82 Å². The van der Waals surface area contributed by atoms with Crippen LogP contribution in [-0.2, 0) is 0 Å². The van der Waals surface area contributed by atoms with Gasteiger partial charge in [-0.05, 0) is 49.7 Å². The molecule has 2 N–H and O–H groups in total. The van der Waals surface area contributed by atoms with Gasteiger partial charge in [0, 0.05) is 11.1 Å². The van der Waals surface area contributed by atoms with Gasteiger partial charge in [0.2, 0.25) is 0 Å². The van der Waals surface area contributed by atoms with E-state index in [2.05, 4.69) is 10.3 Å². The first kappa shape index (κ1) is 14.1. The van der Waals surface area contributed by atoms with Crippen molar-refractivity contribution in [3.05, 3.63) is 65.2 Å². The minimum atomic E-state index is -0.953. The molecule has 4 nitrogen and oxygen atoms in total. The van der Waals surface area contributed by atoms with Gasteiger partial charge in [-0.15, -0.1) is 0 Å². The van der Waals surface area contributed by atoms with Crippen LogP contribution in [0.3, 0.4) is 0 Å². The number of anilines is 2. The molecule has 0 aliphatic carbocycles. The maximum Gasteiger partial charge on any atom is 0.336 e. The average Bonchev–Trinajstić information content (AvgIpc) is 2.46. The van der Waals surface area contributed by atoms with E-state index in [0.717, 1.165) is 16.8 Å². The zero-order chi connectivity index (χ0) is 15.7. The number of aromatic nitrogens is 1. The van der Waals surface area contributed by atoms with Gasteiger partial charge in [-0.25, -0.2) is 9.78 Å². The highest BCUT2D eigenvalue weighted by Crippen LogP contribution is 2.24. The first-order valence-corrected chi connectivity index (χ1v) is 7.01. The molecule has 4 heteroatoms. The molecule has 3 rings (SSSR count). The Morgan fingerprint density at radius 2 is 1.82 bits per heavy atom. The van der Waals surface area contributed by atoms with Gasteiger partial charge < -0.3 is 10.4 Å². The summed E-state index contributed by atoms with van der Waals surface area (Å²) in [6, 6.07) is 15.1. The molecule has 0 unspecified atom stereocenters. The summed E-state index contributed by atoms with van der Waals surface area (Å²) in [5.41, 5.74) is 3.94. The van der Waals surface area contributed by atoms with E-state index >= 15 is 0 Å². The molecule has 110 valence electrons. The minimum absolute atomic E-state index is 0.254. The normalized spacial score (nSPS) is 10.6. The molecule has 0 saturated carbocycles. The number of hydrogen-bond acceptors (Lipinski definition) is 3. The first-order chi connectivity index (χ1) is 10.5. The highest BCUT2D eigenvalue weighted by atomic mass is 16.4. The Balaban J connectivity index is 2.11. The maximum absolute atomic E-state index is 11.5. The van der Waals surface area contributed by atoms with Crippen molar-refractivity contribution in [2.45, 2.75) is 13.8 Å². The highest BCUT2D eigenvalue weighted by molar-refractivity contribution is 6.03. The Kier molecular flexibility index (Phi) is 3.51. The van der Waals surface area contributed by atoms with Crippen LogP contribution in [-0.4, -0.2) is 16.1 Å². The molecule has 0 bridgehead atoms. The fraction of sp³-hybridized carbons (Fsp3) is 0.111. The molecule has 1 aromatic heterocycles. The fourth-order valence-corrected chi connectivity index (χ4v) is 2.45. The van der Waals surface area contributed by atoms with Crippen LogP contribution in [0.4, 0.5) is 11.5 Å². The van der Waals surface area contributed by atoms with Crippen LogP contribution in [0, 0.1) is 13.8 Å². The molecule has 0 spiro atoms. The monoisotopic (exact) mass is 292 g/mol. The SMILES string of the molecule is Cc1cccc(Nc2cc(C(=O)O)c3cc(C)ccc3n2)c1. The molecule has 0 radical (unpaired) electrons. The van der Waals surface area contributed by atoms with Gasteiger partial charge in [0.25, 0.3) is 0 Å². The Hall–Kier alpha value is -2.88. The van der Waals surface area contributed by atoms with Crippen LogP contribution >= 0.6 is 0 Å². The van der Waals surface area contributed by atoms with E-state index in [0.29, 0.717) is 16.7 Å². The minimum Gasteiger partial charge on any atom is -0.478 e. The first-order valence-electron chi connectivity index (χ1n) is 7.01. The summed E-state index contributed by atoms with van der Waals surface area (Å²) in [5.74, 6) is -0.426.